The Bertz CT molecular complexity index is 712. The molecule has 7 heteroatoms. The Balaban J connectivity index is 2.85. The van der Waals surface area contributed by atoms with E-state index in [0.29, 0.717) is 0 Å². The summed E-state index contributed by atoms with van der Waals surface area (Å²) in [6.07, 6.45) is -1.41. The van der Waals surface area contributed by atoms with Crippen LogP contribution in [0.3, 0.4) is 0 Å². The maximum atomic E-state index is 13.0. The van der Waals surface area contributed by atoms with Gasteiger partial charge in [-0.3, -0.25) is 14.2 Å². The molecule has 0 bridgehead atoms. The molecule has 2 aromatic heterocycles. The maximum Gasteiger partial charge on any atom is 0.269 e. The molecule has 2 heterocycles. The molecule has 0 atom stereocenters. The van der Waals surface area contributed by atoms with E-state index in [0.717, 1.165) is 10.6 Å². The van der Waals surface area contributed by atoms with Crippen LogP contribution < -0.4 is 11.3 Å². The third-order valence-electron chi connectivity index (χ3n) is 2.87. The van der Waals surface area contributed by atoms with Gasteiger partial charge in [0.05, 0.1) is 0 Å². The number of nitrogens with zero attached hydrogens (tertiary/aromatic N) is 2. The number of hydrogen-bond donors (Lipinski definition) is 1. The van der Waals surface area contributed by atoms with E-state index in [2.05, 4.69) is 4.98 Å². The van der Waals surface area contributed by atoms with Crippen LogP contribution in [0.15, 0.2) is 35.3 Å². The molecule has 0 saturated heterocycles. The second-order valence-corrected chi connectivity index (χ2v) is 4.09. The summed E-state index contributed by atoms with van der Waals surface area (Å²) in [7, 11) is 0. The fourth-order valence-electron chi connectivity index (χ4n) is 1.88. The van der Waals surface area contributed by atoms with Crippen molar-refractivity contribution in [3.63, 3.8) is 0 Å². The smallest absolute Gasteiger partial charge is 0.269 e. The second kappa shape index (κ2) is 5.20. The number of aromatic nitrogens is 2. The van der Waals surface area contributed by atoms with E-state index in [4.69, 9.17) is 5.73 Å². The fraction of sp³-hybridized carbons (Fsp3) is 0.154. The number of primary amides is 1. The van der Waals surface area contributed by atoms with E-state index < -0.39 is 29.0 Å². The average molecular weight is 279 g/mol. The number of nitrogens with two attached hydrogens (primary N) is 1. The zero-order valence-electron chi connectivity index (χ0n) is 10.5. The van der Waals surface area contributed by atoms with Crippen molar-refractivity contribution in [2.45, 2.75) is 13.3 Å². The number of amides is 1. The van der Waals surface area contributed by atoms with Crippen molar-refractivity contribution in [3.05, 3.63) is 57.6 Å². The highest BCUT2D eigenvalue weighted by Crippen LogP contribution is 2.23. The normalized spacial score (nSPS) is 10.8. The van der Waals surface area contributed by atoms with Crippen molar-refractivity contribution >= 4 is 5.91 Å². The number of carbonyl (C=O) groups is 1. The Labute approximate surface area is 112 Å². The van der Waals surface area contributed by atoms with Crippen molar-refractivity contribution in [1.29, 1.82) is 0 Å². The van der Waals surface area contributed by atoms with Crippen molar-refractivity contribution in [2.24, 2.45) is 5.73 Å². The molecular weight excluding hydrogens is 268 g/mol. The van der Waals surface area contributed by atoms with Crippen molar-refractivity contribution < 1.29 is 13.6 Å². The topological polar surface area (TPSA) is 78.0 Å². The summed E-state index contributed by atoms with van der Waals surface area (Å²) in [5.41, 5.74) is 3.40. The van der Waals surface area contributed by atoms with Gasteiger partial charge in [-0.15, -0.1) is 0 Å². The fourth-order valence-corrected chi connectivity index (χ4v) is 1.88. The van der Waals surface area contributed by atoms with Gasteiger partial charge < -0.3 is 5.73 Å². The summed E-state index contributed by atoms with van der Waals surface area (Å²) < 4.78 is 27.0. The van der Waals surface area contributed by atoms with Crippen LogP contribution >= 0.6 is 0 Å². The molecule has 0 saturated carbocycles. The van der Waals surface area contributed by atoms with Crippen LogP contribution in [0.5, 0.6) is 0 Å². The zero-order valence-corrected chi connectivity index (χ0v) is 10.5. The van der Waals surface area contributed by atoms with E-state index in [9.17, 15) is 18.4 Å². The van der Waals surface area contributed by atoms with Crippen LogP contribution in [0.1, 0.15) is 28.0 Å². The predicted octanol–water partition coefficient (Wildman–Crippen LogP) is 1.58. The Hall–Kier alpha value is -2.57. The lowest BCUT2D eigenvalue weighted by Gasteiger charge is -2.14. The van der Waals surface area contributed by atoms with Crippen LogP contribution in [0.4, 0.5) is 8.78 Å². The molecule has 20 heavy (non-hydrogen) atoms. The highest BCUT2D eigenvalue weighted by atomic mass is 19.3. The lowest BCUT2D eigenvalue weighted by Crippen LogP contribution is -2.31. The van der Waals surface area contributed by atoms with E-state index >= 15 is 0 Å². The number of hydrogen-bond acceptors (Lipinski definition) is 3. The third kappa shape index (κ3) is 2.29. The van der Waals surface area contributed by atoms with Gasteiger partial charge in [0.15, 0.2) is 0 Å². The Morgan fingerprint density at radius 2 is 2.10 bits per heavy atom. The Morgan fingerprint density at radius 3 is 2.60 bits per heavy atom. The summed E-state index contributed by atoms with van der Waals surface area (Å²) >= 11 is 0. The molecule has 2 rings (SSSR count). The molecule has 1 amide bonds. The molecular formula is C13H11F2N3O2. The first-order valence-corrected chi connectivity index (χ1v) is 5.69. The van der Waals surface area contributed by atoms with Gasteiger partial charge in [-0.2, -0.15) is 0 Å². The molecule has 0 aromatic carbocycles. The van der Waals surface area contributed by atoms with Gasteiger partial charge in [-0.05, 0) is 25.1 Å². The maximum absolute atomic E-state index is 13.0. The third-order valence-corrected chi connectivity index (χ3v) is 2.87. The summed E-state index contributed by atoms with van der Waals surface area (Å²) in [5, 5.41) is 0. The zero-order chi connectivity index (χ0) is 14.9. The van der Waals surface area contributed by atoms with Crippen LogP contribution in [0.2, 0.25) is 0 Å². The molecule has 2 aromatic rings. The second-order valence-electron chi connectivity index (χ2n) is 4.09. The van der Waals surface area contributed by atoms with Gasteiger partial charge in [-0.1, -0.05) is 6.07 Å². The van der Waals surface area contributed by atoms with Crippen LogP contribution in [-0.4, -0.2) is 15.5 Å². The summed E-state index contributed by atoms with van der Waals surface area (Å²) in [6, 6.07) is 5.54. The first-order chi connectivity index (χ1) is 9.43. The van der Waals surface area contributed by atoms with Crippen LogP contribution in [0, 0.1) is 6.92 Å². The van der Waals surface area contributed by atoms with E-state index in [-0.39, 0.29) is 11.5 Å². The van der Waals surface area contributed by atoms with E-state index in [1.807, 2.05) is 0 Å². The summed E-state index contributed by atoms with van der Waals surface area (Å²) in [5.74, 6) is -0.901. The van der Waals surface area contributed by atoms with Crippen molar-refractivity contribution in [1.82, 2.24) is 9.55 Å². The molecule has 0 radical (unpaired) electrons. The van der Waals surface area contributed by atoms with Crippen molar-refractivity contribution in [3.8, 4) is 5.82 Å². The van der Waals surface area contributed by atoms with Gasteiger partial charge >= 0.3 is 0 Å². The van der Waals surface area contributed by atoms with Gasteiger partial charge in [0.2, 0.25) is 0 Å². The predicted molar refractivity (Wildman–Crippen MR) is 68.0 cm³/mol. The minimum Gasteiger partial charge on any atom is -0.365 e. The quantitative estimate of drug-likeness (QED) is 0.926. The molecule has 0 fully saturated rings. The van der Waals surface area contributed by atoms with Gasteiger partial charge in [0, 0.05) is 17.5 Å². The highest BCUT2D eigenvalue weighted by Gasteiger charge is 2.21. The van der Waals surface area contributed by atoms with Gasteiger partial charge in [-0.25, -0.2) is 13.8 Å². The molecule has 5 nitrogen and oxygen atoms in total. The number of halogens is 2. The van der Waals surface area contributed by atoms with E-state index in [1.165, 1.54) is 19.2 Å². The van der Waals surface area contributed by atoms with Crippen LogP contribution in [-0.2, 0) is 0 Å². The molecule has 0 aliphatic carbocycles. The number of carbonyl (C=O) groups excluding carboxylic acids is 1. The molecule has 2 N–H and O–H groups in total. The first-order valence-electron chi connectivity index (χ1n) is 5.69. The average Bonchev–Trinajstić information content (AvgIpc) is 2.39. The summed E-state index contributed by atoms with van der Waals surface area (Å²) in [6.45, 7) is 1.36. The standard InChI is InChI=1S/C13H11F2N3O2/c1-7-8(11(14)15)6-9(12(16)19)13(20)18(7)10-4-2-3-5-17-10/h2-6,11H,1H3,(H2,16,19). The molecule has 104 valence electrons. The van der Waals surface area contributed by atoms with Crippen molar-refractivity contribution in [2.75, 3.05) is 0 Å². The number of alkyl halides is 2. The Kier molecular flexibility index (Phi) is 3.60. The highest BCUT2D eigenvalue weighted by molar-refractivity contribution is 5.92. The Morgan fingerprint density at radius 1 is 1.40 bits per heavy atom. The molecule has 0 aliphatic heterocycles. The van der Waals surface area contributed by atoms with Gasteiger partial charge in [0.25, 0.3) is 17.9 Å². The summed E-state index contributed by atoms with van der Waals surface area (Å²) in [4.78, 5) is 27.4. The largest absolute Gasteiger partial charge is 0.365 e. The lowest BCUT2D eigenvalue weighted by molar-refractivity contribution is 0.0997. The number of rotatable bonds is 3. The monoisotopic (exact) mass is 279 g/mol. The minimum absolute atomic E-state index is 0.0219. The lowest BCUT2D eigenvalue weighted by atomic mass is 10.1. The van der Waals surface area contributed by atoms with Gasteiger partial charge in [0.1, 0.15) is 11.4 Å². The number of pyridine rings is 2. The molecule has 0 unspecified atom stereocenters. The van der Waals surface area contributed by atoms with Crippen LogP contribution in [0.25, 0.3) is 5.82 Å². The minimum atomic E-state index is -2.83. The SMILES string of the molecule is Cc1c(C(F)F)cc(C(N)=O)c(=O)n1-c1ccccn1. The first kappa shape index (κ1) is 13.9. The van der Waals surface area contributed by atoms with E-state index in [1.54, 1.807) is 12.1 Å². The molecule has 0 spiro atoms. The molecule has 0 aliphatic rings.